The summed E-state index contributed by atoms with van der Waals surface area (Å²) in [5, 5.41) is 0. The lowest BCUT2D eigenvalue weighted by Gasteiger charge is -2.32. The Morgan fingerprint density at radius 3 is 1.35 bits per heavy atom. The second-order valence-corrected chi connectivity index (χ2v) is 11.0. The number of hydrogen-bond donors (Lipinski definition) is 0. The Labute approximate surface area is 168 Å². The van der Waals surface area contributed by atoms with Crippen LogP contribution in [0.3, 0.4) is 0 Å². The third-order valence-corrected chi connectivity index (χ3v) is 3.95. The van der Waals surface area contributed by atoms with Crippen molar-refractivity contribution in [1.29, 1.82) is 0 Å². The standard InChI is InChI=1S/C10H21N.C7H16O.C6H14.CH4/c1-10(2,3)9-11-7-5-4-6-8-11;1-5-8-6-7(2,3)4;1-5-6(2,3)4;/h4-9H2,1-3H3;5-6H2,1-4H3;5H2,1-4H3;1H4. The summed E-state index contributed by atoms with van der Waals surface area (Å²) in [7, 11) is 0. The molecule has 0 saturated carbocycles. The number of piperidine rings is 1. The van der Waals surface area contributed by atoms with Crippen LogP contribution < -0.4 is 0 Å². The Balaban J connectivity index is -0.000000316. The summed E-state index contributed by atoms with van der Waals surface area (Å²) < 4.78 is 5.20. The molecular formula is C24H55NO. The first-order chi connectivity index (χ1) is 11.2. The van der Waals surface area contributed by atoms with Gasteiger partial charge in [-0.15, -0.1) is 0 Å². The molecule has 0 spiro atoms. The van der Waals surface area contributed by atoms with Crippen molar-refractivity contribution in [1.82, 2.24) is 4.90 Å². The minimum absolute atomic E-state index is 0. The molecule has 0 amide bonds. The van der Waals surface area contributed by atoms with Crippen molar-refractivity contribution in [2.45, 2.75) is 109 Å². The first kappa shape index (κ1) is 30.6. The van der Waals surface area contributed by atoms with Crippen LogP contribution in [0.2, 0.25) is 0 Å². The molecule has 0 bridgehead atoms. The summed E-state index contributed by atoms with van der Waals surface area (Å²) >= 11 is 0. The molecule has 26 heavy (non-hydrogen) atoms. The molecule has 2 heteroatoms. The highest BCUT2D eigenvalue weighted by Crippen LogP contribution is 2.18. The number of likely N-dealkylation sites (tertiary alicyclic amines) is 1. The molecule has 0 aromatic heterocycles. The predicted octanol–water partition coefficient (Wildman–Crippen LogP) is 7.67. The maximum atomic E-state index is 5.20. The summed E-state index contributed by atoms with van der Waals surface area (Å²) in [6.45, 7) is 30.1. The molecule has 0 unspecified atom stereocenters. The van der Waals surface area contributed by atoms with Crippen molar-refractivity contribution < 1.29 is 4.74 Å². The molecule has 1 aliphatic rings. The number of hydrogen-bond acceptors (Lipinski definition) is 2. The van der Waals surface area contributed by atoms with Gasteiger partial charge in [-0.25, -0.2) is 0 Å². The maximum absolute atomic E-state index is 5.20. The molecule has 0 radical (unpaired) electrons. The van der Waals surface area contributed by atoms with Gasteiger partial charge in [0.2, 0.25) is 0 Å². The summed E-state index contributed by atoms with van der Waals surface area (Å²) in [4.78, 5) is 2.60. The highest BCUT2D eigenvalue weighted by molar-refractivity contribution is 4.71. The van der Waals surface area contributed by atoms with Gasteiger partial charge in [-0.1, -0.05) is 89.5 Å². The van der Waals surface area contributed by atoms with Gasteiger partial charge >= 0.3 is 0 Å². The largest absolute Gasteiger partial charge is 0.381 e. The van der Waals surface area contributed by atoms with Crippen molar-refractivity contribution in [3.8, 4) is 0 Å². The van der Waals surface area contributed by atoms with Crippen molar-refractivity contribution in [2.75, 3.05) is 32.8 Å². The monoisotopic (exact) mass is 373 g/mol. The van der Waals surface area contributed by atoms with Crippen LogP contribution in [-0.2, 0) is 4.74 Å². The Morgan fingerprint density at radius 1 is 0.692 bits per heavy atom. The molecule has 0 atom stereocenters. The Hall–Kier alpha value is -0.0800. The zero-order valence-electron chi connectivity index (χ0n) is 19.7. The van der Waals surface area contributed by atoms with Gasteiger partial charge in [-0.3, -0.25) is 0 Å². The summed E-state index contributed by atoms with van der Waals surface area (Å²) in [6.07, 6.45) is 5.54. The average Bonchev–Trinajstić information content (AvgIpc) is 2.44. The van der Waals surface area contributed by atoms with Crippen molar-refractivity contribution >= 4 is 0 Å². The first-order valence-electron chi connectivity index (χ1n) is 10.5. The van der Waals surface area contributed by atoms with Gasteiger partial charge in [-0.05, 0) is 49.1 Å². The lowest BCUT2D eigenvalue weighted by Crippen LogP contribution is -2.36. The van der Waals surface area contributed by atoms with Crippen LogP contribution in [0, 0.1) is 16.2 Å². The van der Waals surface area contributed by atoms with E-state index in [9.17, 15) is 0 Å². The molecule has 1 heterocycles. The van der Waals surface area contributed by atoms with E-state index in [-0.39, 0.29) is 7.43 Å². The summed E-state index contributed by atoms with van der Waals surface area (Å²) in [5.74, 6) is 0. The molecule has 1 saturated heterocycles. The number of ether oxygens (including phenoxy) is 1. The zero-order chi connectivity index (χ0) is 20.1. The van der Waals surface area contributed by atoms with E-state index < -0.39 is 0 Å². The van der Waals surface area contributed by atoms with E-state index in [4.69, 9.17) is 4.74 Å². The van der Waals surface area contributed by atoms with E-state index in [1.807, 2.05) is 6.92 Å². The van der Waals surface area contributed by atoms with Gasteiger partial charge in [-0.2, -0.15) is 0 Å². The molecule has 2 nitrogen and oxygen atoms in total. The Morgan fingerprint density at radius 2 is 1.12 bits per heavy atom. The minimum atomic E-state index is 0. The molecule has 0 aromatic rings. The first-order valence-corrected chi connectivity index (χ1v) is 10.5. The fourth-order valence-corrected chi connectivity index (χ4v) is 2.20. The van der Waals surface area contributed by atoms with Crippen molar-refractivity contribution in [2.24, 2.45) is 16.2 Å². The lowest BCUT2D eigenvalue weighted by molar-refractivity contribution is 0.0805. The quantitative estimate of drug-likeness (QED) is 0.503. The number of nitrogens with zero attached hydrogens (tertiary/aromatic N) is 1. The van der Waals surface area contributed by atoms with Crippen LogP contribution in [-0.4, -0.2) is 37.7 Å². The van der Waals surface area contributed by atoms with E-state index in [1.54, 1.807) is 0 Å². The Kier molecular flexibility index (Phi) is 17.6. The third kappa shape index (κ3) is 28.7. The van der Waals surface area contributed by atoms with Crippen LogP contribution in [0.5, 0.6) is 0 Å². The summed E-state index contributed by atoms with van der Waals surface area (Å²) in [5.41, 5.74) is 1.35. The molecule has 1 fully saturated rings. The second-order valence-electron chi connectivity index (χ2n) is 11.0. The normalized spacial score (nSPS) is 15.8. The van der Waals surface area contributed by atoms with Gasteiger partial charge in [0.1, 0.15) is 0 Å². The van der Waals surface area contributed by atoms with Gasteiger partial charge in [0, 0.05) is 13.2 Å². The van der Waals surface area contributed by atoms with Crippen LogP contribution in [0.1, 0.15) is 109 Å². The van der Waals surface area contributed by atoms with Crippen molar-refractivity contribution in [3.05, 3.63) is 0 Å². The molecule has 1 rings (SSSR count). The maximum Gasteiger partial charge on any atom is 0.0514 e. The van der Waals surface area contributed by atoms with E-state index in [0.29, 0.717) is 16.2 Å². The highest BCUT2D eigenvalue weighted by Gasteiger charge is 2.17. The summed E-state index contributed by atoms with van der Waals surface area (Å²) in [6, 6.07) is 0. The third-order valence-electron chi connectivity index (χ3n) is 3.95. The van der Waals surface area contributed by atoms with Crippen LogP contribution >= 0.6 is 0 Å². The Bertz CT molecular complexity index is 285. The fourth-order valence-electron chi connectivity index (χ4n) is 2.20. The van der Waals surface area contributed by atoms with Crippen LogP contribution in [0.25, 0.3) is 0 Å². The van der Waals surface area contributed by atoms with E-state index in [2.05, 4.69) is 74.1 Å². The van der Waals surface area contributed by atoms with Crippen LogP contribution in [0.4, 0.5) is 0 Å². The topological polar surface area (TPSA) is 12.5 Å². The average molecular weight is 374 g/mol. The van der Waals surface area contributed by atoms with Gasteiger partial charge in [0.05, 0.1) is 6.61 Å². The second kappa shape index (κ2) is 14.9. The van der Waals surface area contributed by atoms with Crippen LogP contribution in [0.15, 0.2) is 0 Å². The van der Waals surface area contributed by atoms with E-state index in [0.717, 1.165) is 13.2 Å². The van der Waals surface area contributed by atoms with Gasteiger partial charge in [0.15, 0.2) is 0 Å². The minimum Gasteiger partial charge on any atom is -0.381 e. The SMILES string of the molecule is C.CC(C)(C)CN1CCCCC1.CCC(C)(C)C.CCOCC(C)(C)C. The van der Waals surface area contributed by atoms with E-state index in [1.165, 1.54) is 45.3 Å². The zero-order valence-corrected chi connectivity index (χ0v) is 19.7. The predicted molar refractivity (Wildman–Crippen MR) is 122 cm³/mol. The lowest BCUT2D eigenvalue weighted by atomic mass is 9.94. The highest BCUT2D eigenvalue weighted by atomic mass is 16.5. The molecule has 0 aliphatic carbocycles. The van der Waals surface area contributed by atoms with Gasteiger partial charge < -0.3 is 9.64 Å². The molecule has 0 N–H and O–H groups in total. The number of rotatable bonds is 3. The molecular weight excluding hydrogens is 318 g/mol. The van der Waals surface area contributed by atoms with E-state index >= 15 is 0 Å². The smallest absolute Gasteiger partial charge is 0.0514 e. The molecule has 162 valence electrons. The molecule has 0 aromatic carbocycles. The fraction of sp³-hybridized carbons (Fsp3) is 1.00. The van der Waals surface area contributed by atoms with Gasteiger partial charge in [0.25, 0.3) is 0 Å². The molecule has 1 aliphatic heterocycles. The van der Waals surface area contributed by atoms with Crippen molar-refractivity contribution in [3.63, 3.8) is 0 Å².